The summed E-state index contributed by atoms with van der Waals surface area (Å²) in [4.78, 5) is 16.2. The zero-order valence-corrected chi connectivity index (χ0v) is 16.0. The van der Waals surface area contributed by atoms with Crippen molar-refractivity contribution in [2.45, 2.75) is 19.4 Å². The molecule has 4 aromatic rings. The van der Waals surface area contributed by atoms with Crippen LogP contribution in [0.4, 0.5) is 5.82 Å². The lowest BCUT2D eigenvalue weighted by molar-refractivity contribution is 0.502. The molecule has 1 saturated heterocycles. The number of hydrogen-bond donors (Lipinski definition) is 3. The van der Waals surface area contributed by atoms with Gasteiger partial charge in [0.05, 0.1) is 22.5 Å². The largest absolute Gasteiger partial charge is 0.383 e. The first-order valence-corrected chi connectivity index (χ1v) is 8.87. The van der Waals surface area contributed by atoms with E-state index in [9.17, 15) is 0 Å². The number of fused-ring (bicyclic) bond motifs is 2. The lowest BCUT2D eigenvalue weighted by Crippen LogP contribution is -2.15. The standard InChI is InChI=1S/C19H18N8.ClH/c1-11-24-14-4-2-12(8-16(14)25-11)3-5-15-17-18(20)22-10-23-19(17)27(26-15)13-6-7-21-9-13;/h2,4,8,10,13,21H,6-7,9H2,1H3,(H,24,25)(H2,20,22,23);1H/t13-;/m0./s1. The Morgan fingerprint density at radius 3 is 2.96 bits per heavy atom. The summed E-state index contributed by atoms with van der Waals surface area (Å²) in [6.07, 6.45) is 2.48. The molecule has 0 bridgehead atoms. The smallest absolute Gasteiger partial charge is 0.164 e. The summed E-state index contributed by atoms with van der Waals surface area (Å²) in [6.45, 7) is 3.77. The molecule has 9 heteroatoms. The second-order valence-electron chi connectivity index (χ2n) is 6.70. The first kappa shape index (κ1) is 18.2. The Labute approximate surface area is 167 Å². The summed E-state index contributed by atoms with van der Waals surface area (Å²) in [7, 11) is 0. The van der Waals surface area contributed by atoms with Crippen LogP contribution in [0.25, 0.3) is 22.1 Å². The Bertz CT molecular complexity index is 1220. The molecule has 142 valence electrons. The highest BCUT2D eigenvalue weighted by atomic mass is 35.5. The molecule has 1 aromatic carbocycles. The van der Waals surface area contributed by atoms with Gasteiger partial charge in [0, 0.05) is 12.1 Å². The minimum Gasteiger partial charge on any atom is -0.383 e. The van der Waals surface area contributed by atoms with Crippen molar-refractivity contribution in [1.82, 2.24) is 35.0 Å². The maximum Gasteiger partial charge on any atom is 0.164 e. The number of anilines is 1. The molecule has 0 saturated carbocycles. The summed E-state index contributed by atoms with van der Waals surface area (Å²) < 4.78 is 1.93. The molecule has 8 nitrogen and oxygen atoms in total. The molecule has 1 fully saturated rings. The van der Waals surface area contributed by atoms with Crippen LogP contribution < -0.4 is 11.1 Å². The van der Waals surface area contributed by atoms with E-state index in [1.807, 2.05) is 29.8 Å². The van der Waals surface area contributed by atoms with Crippen LogP contribution in [-0.4, -0.2) is 42.8 Å². The fourth-order valence-corrected chi connectivity index (χ4v) is 3.53. The van der Waals surface area contributed by atoms with Crippen LogP contribution in [-0.2, 0) is 0 Å². The maximum atomic E-state index is 6.11. The van der Waals surface area contributed by atoms with Gasteiger partial charge in [0.25, 0.3) is 0 Å². The maximum absolute atomic E-state index is 6.11. The Kier molecular flexibility index (Phi) is 4.63. The minimum atomic E-state index is 0. The molecule has 4 heterocycles. The van der Waals surface area contributed by atoms with Crippen molar-refractivity contribution in [1.29, 1.82) is 0 Å². The number of nitrogen functional groups attached to an aromatic ring is 1. The number of nitrogens with one attached hydrogen (secondary N) is 2. The van der Waals surface area contributed by atoms with E-state index in [0.717, 1.165) is 53.0 Å². The minimum absolute atomic E-state index is 0. The van der Waals surface area contributed by atoms with Gasteiger partial charge in [0.1, 0.15) is 23.7 Å². The number of rotatable bonds is 1. The van der Waals surface area contributed by atoms with Gasteiger partial charge < -0.3 is 16.0 Å². The molecule has 1 atom stereocenters. The quantitative estimate of drug-likeness (QED) is 0.425. The Hall–Kier alpha value is -3.15. The molecule has 5 rings (SSSR count). The van der Waals surface area contributed by atoms with E-state index >= 15 is 0 Å². The van der Waals surface area contributed by atoms with E-state index in [4.69, 9.17) is 10.8 Å². The zero-order chi connectivity index (χ0) is 18.4. The predicted molar refractivity (Wildman–Crippen MR) is 110 cm³/mol. The van der Waals surface area contributed by atoms with Gasteiger partial charge >= 0.3 is 0 Å². The van der Waals surface area contributed by atoms with Crippen molar-refractivity contribution in [2.75, 3.05) is 18.8 Å². The number of benzene rings is 1. The van der Waals surface area contributed by atoms with Crippen molar-refractivity contribution in [3.63, 3.8) is 0 Å². The second-order valence-corrected chi connectivity index (χ2v) is 6.70. The van der Waals surface area contributed by atoms with E-state index in [1.54, 1.807) is 0 Å². The van der Waals surface area contributed by atoms with Crippen LogP contribution in [0.3, 0.4) is 0 Å². The van der Waals surface area contributed by atoms with Crippen molar-refractivity contribution >= 4 is 40.3 Å². The van der Waals surface area contributed by atoms with E-state index in [2.05, 4.69) is 37.1 Å². The normalized spacial score (nSPS) is 16.1. The number of nitrogens with zero attached hydrogens (tertiary/aromatic N) is 5. The van der Waals surface area contributed by atoms with Gasteiger partial charge in [-0.15, -0.1) is 12.4 Å². The molecule has 28 heavy (non-hydrogen) atoms. The van der Waals surface area contributed by atoms with Crippen LogP contribution >= 0.6 is 12.4 Å². The van der Waals surface area contributed by atoms with Crippen molar-refractivity contribution < 1.29 is 0 Å². The van der Waals surface area contributed by atoms with Crippen LogP contribution in [0.1, 0.15) is 29.5 Å². The van der Waals surface area contributed by atoms with E-state index in [1.165, 1.54) is 6.33 Å². The fraction of sp³-hybridized carbons (Fsp3) is 0.263. The van der Waals surface area contributed by atoms with Crippen molar-refractivity contribution in [3.8, 4) is 11.8 Å². The molecule has 1 aliphatic heterocycles. The van der Waals surface area contributed by atoms with Gasteiger partial charge in [-0.05, 0) is 44.0 Å². The third-order valence-electron chi connectivity index (χ3n) is 4.82. The summed E-state index contributed by atoms with van der Waals surface area (Å²) >= 11 is 0. The van der Waals surface area contributed by atoms with Crippen molar-refractivity contribution in [2.24, 2.45) is 0 Å². The molecule has 3 aromatic heterocycles. The van der Waals surface area contributed by atoms with E-state index in [0.29, 0.717) is 11.5 Å². The van der Waals surface area contributed by atoms with Crippen LogP contribution in [0.5, 0.6) is 0 Å². The number of aromatic nitrogens is 6. The first-order chi connectivity index (χ1) is 13.2. The van der Waals surface area contributed by atoms with Crippen molar-refractivity contribution in [3.05, 3.63) is 41.6 Å². The topological polar surface area (TPSA) is 110 Å². The first-order valence-electron chi connectivity index (χ1n) is 8.87. The molecule has 4 N–H and O–H groups in total. The zero-order valence-electron chi connectivity index (χ0n) is 15.2. The van der Waals surface area contributed by atoms with E-state index < -0.39 is 0 Å². The number of halogens is 1. The SMILES string of the molecule is Cc1nc2ccc(C#Cc3nn([C@H]4CCNC4)c4ncnc(N)c34)cc2[nH]1.Cl. The highest BCUT2D eigenvalue weighted by Crippen LogP contribution is 2.25. The van der Waals surface area contributed by atoms with E-state index in [-0.39, 0.29) is 18.4 Å². The molecule has 0 radical (unpaired) electrons. The summed E-state index contributed by atoms with van der Waals surface area (Å²) in [5, 5.41) is 8.79. The summed E-state index contributed by atoms with van der Waals surface area (Å²) in [5.41, 5.74) is 10.2. The lowest BCUT2D eigenvalue weighted by Gasteiger charge is -2.09. The van der Waals surface area contributed by atoms with Gasteiger partial charge in [0.15, 0.2) is 5.65 Å². The predicted octanol–water partition coefficient (Wildman–Crippen LogP) is 1.95. The third-order valence-corrected chi connectivity index (χ3v) is 4.82. The Balaban J connectivity index is 0.00000192. The fourth-order valence-electron chi connectivity index (χ4n) is 3.53. The Morgan fingerprint density at radius 2 is 2.14 bits per heavy atom. The number of H-pyrrole nitrogens is 1. The molecule has 0 amide bonds. The van der Waals surface area contributed by atoms with Crippen LogP contribution in [0.15, 0.2) is 24.5 Å². The van der Waals surface area contributed by atoms with Crippen LogP contribution in [0, 0.1) is 18.8 Å². The monoisotopic (exact) mass is 394 g/mol. The molecule has 0 unspecified atom stereocenters. The number of imidazole rings is 1. The third kappa shape index (κ3) is 3.05. The van der Waals surface area contributed by atoms with Gasteiger partial charge in [-0.1, -0.05) is 5.92 Å². The molecule has 0 aliphatic carbocycles. The van der Waals surface area contributed by atoms with Gasteiger partial charge in [-0.3, -0.25) is 0 Å². The number of aryl methyl sites for hydroxylation is 1. The Morgan fingerprint density at radius 1 is 1.25 bits per heavy atom. The number of nitrogens with two attached hydrogens (primary N) is 1. The average molecular weight is 395 g/mol. The summed E-state index contributed by atoms with van der Waals surface area (Å²) in [6, 6.07) is 6.15. The highest BCUT2D eigenvalue weighted by molar-refractivity contribution is 5.90. The van der Waals surface area contributed by atoms with Crippen LogP contribution in [0.2, 0.25) is 0 Å². The molecule has 0 spiro atoms. The number of hydrogen-bond acceptors (Lipinski definition) is 6. The average Bonchev–Trinajstić information content (AvgIpc) is 3.37. The molecule has 1 aliphatic rings. The number of aromatic amines is 1. The molecular weight excluding hydrogens is 376 g/mol. The lowest BCUT2D eigenvalue weighted by atomic mass is 10.2. The second kappa shape index (κ2) is 7.11. The van der Waals surface area contributed by atoms with Gasteiger partial charge in [-0.25, -0.2) is 19.6 Å². The highest BCUT2D eigenvalue weighted by Gasteiger charge is 2.23. The summed E-state index contributed by atoms with van der Waals surface area (Å²) in [5.74, 6) is 7.64. The molecular formula is C19H19ClN8. The van der Waals surface area contributed by atoms with Gasteiger partial charge in [0.2, 0.25) is 0 Å². The van der Waals surface area contributed by atoms with Gasteiger partial charge in [-0.2, -0.15) is 5.10 Å².